The molecule has 11 nitrogen and oxygen atoms in total. The lowest BCUT2D eigenvalue weighted by Crippen LogP contribution is -2.31. The van der Waals surface area contributed by atoms with Crippen LogP contribution in [0.2, 0.25) is 25.7 Å². The number of carbonyl (C=O) groups is 2. The fourth-order valence-corrected chi connectivity index (χ4v) is 8.17. The van der Waals surface area contributed by atoms with Crippen LogP contribution in [-0.2, 0) is 11.5 Å². The van der Waals surface area contributed by atoms with E-state index in [1.807, 2.05) is 82.6 Å². The van der Waals surface area contributed by atoms with Crippen molar-refractivity contribution in [2.75, 3.05) is 24.7 Å². The molecule has 2 aromatic carbocycles. The molecule has 0 amide bonds. The van der Waals surface area contributed by atoms with E-state index in [9.17, 15) is 14.7 Å². The number of benzene rings is 2. The SMILES string of the molecule is CC(C)(C)C(=O)c1c[nH]c2ncc(-c3cccc(N4CCC[C@@H]4CO)c3)nc12.CC(C)(C)C(=O)c1cn(COCC[Si](C)(C)C)c2ncc(-c3cccc(I)c3)nc12. The van der Waals surface area contributed by atoms with E-state index in [4.69, 9.17) is 14.7 Å². The van der Waals surface area contributed by atoms with Gasteiger partial charge in [-0.05, 0) is 65.7 Å². The second-order valence-corrected chi connectivity index (χ2v) is 25.2. The van der Waals surface area contributed by atoms with Crippen LogP contribution in [0.3, 0.4) is 0 Å². The number of aromatic amines is 1. The summed E-state index contributed by atoms with van der Waals surface area (Å²) in [5, 5.41) is 9.63. The van der Waals surface area contributed by atoms with E-state index >= 15 is 0 Å². The molecule has 13 heteroatoms. The summed E-state index contributed by atoms with van der Waals surface area (Å²) in [6.45, 7) is 20.7. The molecule has 0 saturated carbocycles. The third-order valence-corrected chi connectivity index (χ3v) is 12.6. The summed E-state index contributed by atoms with van der Waals surface area (Å²) < 4.78 is 8.97. The Morgan fingerprint density at radius 3 is 2.19 bits per heavy atom. The van der Waals surface area contributed by atoms with Crippen LogP contribution in [0.5, 0.6) is 0 Å². The minimum atomic E-state index is -1.15. The predicted octanol–water partition coefficient (Wildman–Crippen LogP) is 10.1. The Morgan fingerprint density at radius 2 is 1.53 bits per heavy atom. The number of aliphatic hydroxyl groups excluding tert-OH is 1. The average molecular weight is 914 g/mol. The maximum Gasteiger partial charge on any atom is 0.171 e. The quantitative estimate of drug-likeness (QED) is 0.0563. The summed E-state index contributed by atoms with van der Waals surface area (Å²) in [5.41, 5.74) is 7.26. The number of nitrogens with one attached hydrogen (secondary N) is 1. The van der Waals surface area contributed by atoms with Crippen molar-refractivity contribution in [2.24, 2.45) is 10.8 Å². The largest absolute Gasteiger partial charge is 0.394 e. The molecular weight excluding hydrogens is 858 g/mol. The van der Waals surface area contributed by atoms with Crippen molar-refractivity contribution in [3.8, 4) is 22.5 Å². The zero-order valence-electron chi connectivity index (χ0n) is 35.2. The first-order valence-electron chi connectivity index (χ1n) is 20.0. The topological polar surface area (TPSA) is 139 Å². The summed E-state index contributed by atoms with van der Waals surface area (Å²) in [5.74, 6) is 0.101. The highest BCUT2D eigenvalue weighted by Gasteiger charge is 2.29. The predicted molar refractivity (Wildman–Crippen MR) is 244 cm³/mol. The highest BCUT2D eigenvalue weighted by molar-refractivity contribution is 14.1. The van der Waals surface area contributed by atoms with Crippen molar-refractivity contribution in [1.29, 1.82) is 0 Å². The smallest absolute Gasteiger partial charge is 0.171 e. The number of aromatic nitrogens is 6. The van der Waals surface area contributed by atoms with Gasteiger partial charge in [-0.25, -0.2) is 19.9 Å². The molecular formula is C45H56IN7O4Si. The molecule has 58 heavy (non-hydrogen) atoms. The molecule has 1 atom stereocenters. The Morgan fingerprint density at radius 1 is 0.897 bits per heavy atom. The van der Waals surface area contributed by atoms with Crippen LogP contribution in [-0.4, -0.2) is 80.0 Å². The molecule has 0 spiro atoms. The number of Topliss-reactive ketones (excluding diaryl/α,β-unsaturated/α-hetero) is 2. The minimum absolute atomic E-state index is 0.0433. The Balaban J connectivity index is 0.000000196. The number of fused-ring (bicyclic) bond motifs is 2. The number of ether oxygens (including phenoxy) is 1. The number of rotatable bonds is 11. The van der Waals surface area contributed by atoms with Gasteiger partial charge in [0.2, 0.25) is 0 Å². The van der Waals surface area contributed by atoms with Crippen molar-refractivity contribution in [2.45, 2.75) is 92.8 Å². The van der Waals surface area contributed by atoms with Gasteiger partial charge in [0.25, 0.3) is 0 Å². The molecule has 1 aliphatic rings. The van der Waals surface area contributed by atoms with Crippen molar-refractivity contribution in [1.82, 2.24) is 29.5 Å². The fraction of sp³-hybridized carbons (Fsp3) is 0.422. The standard InChI is InChI=1S/C23H30IN3O2Si.C22H26N4O2/c1-23(2,3)21(28)18-14-27(15-29-10-11-30(4,5)6)22-20(18)26-19(13-25-22)16-8-7-9-17(24)12-16;1-22(2,3)20(28)17-11-23-21-19(17)25-18(12-24-21)14-6-4-7-15(10-14)26-9-5-8-16(26)13-27/h7-9,12-14H,10-11,15H2,1-6H3;4,6-7,10-12,16,27H,5,8-9,13H2,1-3H3,(H,23,24)/t;16-/m.1/s1. The van der Waals surface area contributed by atoms with Gasteiger partial charge in [-0.1, -0.05) is 85.4 Å². The lowest BCUT2D eigenvalue weighted by Gasteiger charge is -2.25. The molecule has 1 saturated heterocycles. The Bertz CT molecular complexity index is 2420. The van der Waals surface area contributed by atoms with Crippen LogP contribution in [0.15, 0.2) is 73.3 Å². The zero-order valence-corrected chi connectivity index (χ0v) is 38.3. The van der Waals surface area contributed by atoms with Crippen LogP contribution in [0.4, 0.5) is 5.69 Å². The van der Waals surface area contributed by atoms with Gasteiger partial charge in [-0.15, -0.1) is 0 Å². The van der Waals surface area contributed by atoms with Gasteiger partial charge < -0.3 is 24.3 Å². The van der Waals surface area contributed by atoms with Crippen LogP contribution in [0.1, 0.15) is 75.1 Å². The van der Waals surface area contributed by atoms with E-state index in [-0.39, 0.29) is 24.2 Å². The molecule has 306 valence electrons. The number of halogens is 1. The Labute approximate surface area is 356 Å². The number of carbonyl (C=O) groups excluding carboxylic acids is 2. The molecule has 1 aliphatic heterocycles. The van der Waals surface area contributed by atoms with Crippen LogP contribution >= 0.6 is 22.6 Å². The van der Waals surface area contributed by atoms with Crippen LogP contribution in [0, 0.1) is 14.4 Å². The first-order valence-corrected chi connectivity index (χ1v) is 24.7. The molecule has 0 bridgehead atoms. The molecule has 6 aromatic rings. The van der Waals surface area contributed by atoms with Gasteiger partial charge in [0, 0.05) is 64.8 Å². The van der Waals surface area contributed by atoms with Crippen molar-refractivity contribution in [3.63, 3.8) is 0 Å². The third-order valence-electron chi connectivity index (χ3n) is 10.2. The molecule has 0 aliphatic carbocycles. The second kappa shape index (κ2) is 17.5. The average Bonchev–Trinajstić information content (AvgIpc) is 3.92. The van der Waals surface area contributed by atoms with Gasteiger partial charge in [0.15, 0.2) is 22.9 Å². The van der Waals surface area contributed by atoms with E-state index < -0.39 is 18.9 Å². The van der Waals surface area contributed by atoms with Crippen molar-refractivity contribution >= 4 is 70.2 Å². The minimum Gasteiger partial charge on any atom is -0.394 e. The number of hydrogen-bond acceptors (Lipinski definition) is 9. The number of nitrogens with zero attached hydrogens (tertiary/aromatic N) is 6. The number of hydrogen-bond donors (Lipinski definition) is 2. The van der Waals surface area contributed by atoms with Gasteiger partial charge >= 0.3 is 0 Å². The molecule has 0 radical (unpaired) electrons. The maximum atomic E-state index is 13.1. The lowest BCUT2D eigenvalue weighted by atomic mass is 9.87. The van der Waals surface area contributed by atoms with Crippen LogP contribution in [0.25, 0.3) is 44.8 Å². The molecule has 0 unspecified atom stereocenters. The first kappa shape index (κ1) is 43.3. The van der Waals surface area contributed by atoms with E-state index in [1.54, 1.807) is 18.6 Å². The number of anilines is 1. The third kappa shape index (κ3) is 10.1. The summed E-state index contributed by atoms with van der Waals surface area (Å²) in [4.78, 5) is 50.0. The van der Waals surface area contributed by atoms with Gasteiger partial charge in [-0.2, -0.15) is 0 Å². The Kier molecular flexibility index (Phi) is 13.1. The number of aliphatic hydroxyl groups is 1. The van der Waals surface area contributed by atoms with Crippen molar-refractivity contribution in [3.05, 3.63) is 88.0 Å². The summed E-state index contributed by atoms with van der Waals surface area (Å²) >= 11 is 2.29. The van der Waals surface area contributed by atoms with E-state index in [1.165, 1.54) is 0 Å². The van der Waals surface area contributed by atoms with Gasteiger partial charge in [-0.3, -0.25) is 9.59 Å². The Hall–Kier alpha value is -4.31. The van der Waals surface area contributed by atoms with Crippen LogP contribution < -0.4 is 4.90 Å². The highest BCUT2D eigenvalue weighted by Crippen LogP contribution is 2.32. The molecule has 2 N–H and O–H groups in total. The van der Waals surface area contributed by atoms with Crippen molar-refractivity contribution < 1.29 is 19.4 Å². The van der Waals surface area contributed by atoms with E-state index in [0.29, 0.717) is 46.8 Å². The highest BCUT2D eigenvalue weighted by atomic mass is 127. The summed E-state index contributed by atoms with van der Waals surface area (Å²) in [6, 6.07) is 17.5. The number of H-pyrrole nitrogens is 1. The summed E-state index contributed by atoms with van der Waals surface area (Å²) in [6.07, 6.45) is 9.16. The fourth-order valence-electron chi connectivity index (χ4n) is 6.87. The first-order chi connectivity index (χ1) is 27.3. The normalized spacial score (nSPS) is 14.9. The van der Waals surface area contributed by atoms with E-state index in [0.717, 1.165) is 57.2 Å². The van der Waals surface area contributed by atoms with Gasteiger partial charge in [0.1, 0.15) is 17.8 Å². The monoisotopic (exact) mass is 913 g/mol. The maximum absolute atomic E-state index is 13.1. The molecule has 7 rings (SSSR count). The second-order valence-electron chi connectivity index (χ2n) is 18.3. The summed E-state index contributed by atoms with van der Waals surface area (Å²) in [7, 11) is -1.15. The van der Waals surface area contributed by atoms with Gasteiger partial charge in [0.05, 0.1) is 47.6 Å². The zero-order chi connectivity index (χ0) is 42.0. The lowest BCUT2D eigenvalue weighted by molar-refractivity contribution is 0.0846. The number of ketones is 2. The molecule has 4 aromatic heterocycles. The molecule has 1 fully saturated rings. The molecule has 5 heterocycles. The van der Waals surface area contributed by atoms with E-state index in [2.05, 4.69) is 80.3 Å².